The van der Waals surface area contributed by atoms with E-state index in [0.717, 1.165) is 0 Å². The van der Waals surface area contributed by atoms with Crippen molar-refractivity contribution in [3.63, 3.8) is 0 Å². The summed E-state index contributed by atoms with van der Waals surface area (Å²) in [7, 11) is 0. The highest BCUT2D eigenvalue weighted by Crippen LogP contribution is 2.38. The summed E-state index contributed by atoms with van der Waals surface area (Å²) in [5, 5.41) is 12.2. The molecule has 7 heteroatoms. The van der Waals surface area contributed by atoms with Gasteiger partial charge in [-0.2, -0.15) is 13.2 Å². The molecule has 0 saturated carbocycles. The maximum Gasteiger partial charge on any atom is 0.458 e. The van der Waals surface area contributed by atoms with Crippen molar-refractivity contribution in [1.29, 1.82) is 0 Å². The van der Waals surface area contributed by atoms with Gasteiger partial charge >= 0.3 is 12.0 Å². The molecule has 0 saturated heterocycles. The Kier molecular flexibility index (Phi) is 2.00. The third-order valence-corrected chi connectivity index (χ3v) is 1.96. The summed E-state index contributed by atoms with van der Waals surface area (Å²) in [5.74, 6) is -3.09. The van der Waals surface area contributed by atoms with E-state index in [1.165, 1.54) is 18.4 Å². The number of nitrogens with zero attached hydrogens (tertiary/aromatic N) is 1. The van der Waals surface area contributed by atoms with E-state index in [4.69, 9.17) is 9.52 Å². The number of halogens is 3. The fraction of sp³-hybridized carbons (Fsp3) is 0.375. The molecule has 2 rings (SSSR count). The van der Waals surface area contributed by atoms with Crippen molar-refractivity contribution < 1.29 is 27.5 Å². The van der Waals surface area contributed by atoms with Gasteiger partial charge in [-0.3, -0.25) is 0 Å². The Labute approximate surface area is 81.9 Å². The first-order valence-corrected chi connectivity index (χ1v) is 4.00. The minimum atomic E-state index is -4.88. The normalized spacial score (nSPS) is 26.3. The molecule has 0 bridgehead atoms. The van der Waals surface area contributed by atoms with Gasteiger partial charge in [0, 0.05) is 0 Å². The van der Waals surface area contributed by atoms with Gasteiger partial charge in [-0.25, -0.2) is 0 Å². The lowest BCUT2D eigenvalue weighted by Crippen LogP contribution is -2.45. The molecule has 0 aromatic carbocycles. The zero-order valence-electron chi connectivity index (χ0n) is 7.28. The summed E-state index contributed by atoms with van der Waals surface area (Å²) < 4.78 is 41.7. The van der Waals surface area contributed by atoms with E-state index in [2.05, 4.69) is 9.99 Å². The standard InChI is InChI=1S/C8H6F3NO3/c9-8(10,11)7(13)4-5(12-15-7)6-2-1-3-14-6/h1-3,13H,4H2. The van der Waals surface area contributed by atoms with E-state index < -0.39 is 18.4 Å². The van der Waals surface area contributed by atoms with Crippen LogP contribution in [0.15, 0.2) is 28.0 Å². The topological polar surface area (TPSA) is 55.0 Å². The van der Waals surface area contributed by atoms with E-state index in [9.17, 15) is 13.2 Å². The molecule has 0 fully saturated rings. The lowest BCUT2D eigenvalue weighted by Gasteiger charge is -2.22. The van der Waals surface area contributed by atoms with Crippen molar-refractivity contribution >= 4 is 5.71 Å². The average Bonchev–Trinajstić information content (AvgIpc) is 2.70. The van der Waals surface area contributed by atoms with Crippen molar-refractivity contribution in [2.75, 3.05) is 0 Å². The predicted molar refractivity (Wildman–Crippen MR) is 42.0 cm³/mol. The molecule has 1 unspecified atom stereocenters. The molecule has 1 aromatic rings. The summed E-state index contributed by atoms with van der Waals surface area (Å²) in [5.41, 5.74) is -0.0696. The van der Waals surface area contributed by atoms with E-state index in [-0.39, 0.29) is 11.5 Å². The van der Waals surface area contributed by atoms with Gasteiger partial charge in [0.1, 0.15) is 5.71 Å². The van der Waals surface area contributed by atoms with Gasteiger partial charge in [-0.05, 0) is 12.1 Å². The summed E-state index contributed by atoms with van der Waals surface area (Å²) in [6.45, 7) is 0. The van der Waals surface area contributed by atoms with E-state index in [1.807, 2.05) is 0 Å². The lowest BCUT2D eigenvalue weighted by molar-refractivity contribution is -0.355. The average molecular weight is 221 g/mol. The molecule has 82 valence electrons. The van der Waals surface area contributed by atoms with Crippen LogP contribution in [0.25, 0.3) is 0 Å². The highest BCUT2D eigenvalue weighted by Gasteiger charge is 2.60. The maximum atomic E-state index is 12.3. The van der Waals surface area contributed by atoms with E-state index in [1.54, 1.807) is 0 Å². The van der Waals surface area contributed by atoms with Crippen molar-refractivity contribution in [3.8, 4) is 0 Å². The quantitative estimate of drug-likeness (QED) is 0.784. The van der Waals surface area contributed by atoms with Gasteiger partial charge < -0.3 is 14.4 Å². The Balaban J connectivity index is 2.18. The van der Waals surface area contributed by atoms with Crippen molar-refractivity contribution in [2.24, 2.45) is 5.16 Å². The van der Waals surface area contributed by atoms with Crippen LogP contribution in [-0.4, -0.2) is 22.8 Å². The predicted octanol–water partition coefficient (Wildman–Crippen LogP) is 1.65. The molecule has 4 nitrogen and oxygen atoms in total. The van der Waals surface area contributed by atoms with Crippen molar-refractivity contribution in [1.82, 2.24) is 0 Å². The Bertz CT molecular complexity index is 384. The first kappa shape index (κ1) is 10.0. The largest absolute Gasteiger partial charge is 0.463 e. The molecule has 0 spiro atoms. The Hall–Kier alpha value is -1.50. The van der Waals surface area contributed by atoms with E-state index in [0.29, 0.717) is 0 Å². The highest BCUT2D eigenvalue weighted by molar-refractivity contribution is 5.99. The summed E-state index contributed by atoms with van der Waals surface area (Å²) in [6, 6.07) is 2.94. The first-order chi connectivity index (χ1) is 6.92. The van der Waals surface area contributed by atoms with Gasteiger partial charge in [-0.1, -0.05) is 5.16 Å². The van der Waals surface area contributed by atoms with Crippen molar-refractivity contribution in [3.05, 3.63) is 24.2 Å². The minimum Gasteiger partial charge on any atom is -0.463 e. The molecule has 1 atom stereocenters. The second-order valence-electron chi connectivity index (χ2n) is 3.07. The Morgan fingerprint density at radius 3 is 2.67 bits per heavy atom. The summed E-state index contributed by atoms with van der Waals surface area (Å²) in [6.07, 6.45) is -4.36. The maximum absolute atomic E-state index is 12.3. The molecule has 0 amide bonds. The monoisotopic (exact) mass is 221 g/mol. The van der Waals surface area contributed by atoms with Crippen LogP contribution in [-0.2, 0) is 4.84 Å². The molecule has 1 aliphatic rings. The van der Waals surface area contributed by atoms with Gasteiger partial charge in [0.2, 0.25) is 0 Å². The number of rotatable bonds is 1. The van der Waals surface area contributed by atoms with Crippen LogP contribution in [0.5, 0.6) is 0 Å². The van der Waals surface area contributed by atoms with Gasteiger partial charge in [0.05, 0.1) is 12.7 Å². The molecular formula is C8H6F3NO3. The fourth-order valence-electron chi connectivity index (χ4n) is 1.15. The second-order valence-corrected chi connectivity index (χ2v) is 3.07. The molecule has 1 N–H and O–H groups in total. The third-order valence-electron chi connectivity index (χ3n) is 1.96. The van der Waals surface area contributed by atoms with Crippen LogP contribution in [0.2, 0.25) is 0 Å². The molecule has 2 heterocycles. The van der Waals surface area contributed by atoms with Crippen LogP contribution in [0.4, 0.5) is 13.2 Å². The van der Waals surface area contributed by atoms with Crippen LogP contribution >= 0.6 is 0 Å². The lowest BCUT2D eigenvalue weighted by atomic mass is 10.1. The van der Waals surface area contributed by atoms with Gasteiger partial charge in [-0.15, -0.1) is 0 Å². The number of oxime groups is 1. The smallest absolute Gasteiger partial charge is 0.458 e. The zero-order valence-corrected chi connectivity index (χ0v) is 7.28. The molecule has 1 aliphatic heterocycles. The number of aliphatic hydroxyl groups is 1. The molecule has 15 heavy (non-hydrogen) atoms. The Morgan fingerprint density at radius 2 is 2.20 bits per heavy atom. The second kappa shape index (κ2) is 2.99. The minimum absolute atomic E-state index is 0.0696. The van der Waals surface area contributed by atoms with Crippen molar-refractivity contribution in [2.45, 2.75) is 18.4 Å². The van der Waals surface area contributed by atoms with Crippen LogP contribution in [0.3, 0.4) is 0 Å². The summed E-state index contributed by atoms with van der Waals surface area (Å²) >= 11 is 0. The first-order valence-electron chi connectivity index (χ1n) is 4.00. The van der Waals surface area contributed by atoms with Crippen LogP contribution in [0, 0.1) is 0 Å². The Morgan fingerprint density at radius 1 is 1.47 bits per heavy atom. The molecular weight excluding hydrogens is 215 g/mol. The molecule has 0 radical (unpaired) electrons. The number of hydrogen-bond donors (Lipinski definition) is 1. The fourth-order valence-corrected chi connectivity index (χ4v) is 1.15. The van der Waals surface area contributed by atoms with Crippen LogP contribution in [0.1, 0.15) is 12.2 Å². The zero-order chi connectivity index (χ0) is 11.1. The van der Waals surface area contributed by atoms with Crippen LogP contribution < -0.4 is 0 Å². The number of alkyl halides is 3. The van der Waals surface area contributed by atoms with Gasteiger partial charge in [0.15, 0.2) is 5.76 Å². The summed E-state index contributed by atoms with van der Waals surface area (Å²) in [4.78, 5) is 4.00. The third kappa shape index (κ3) is 1.58. The molecule has 1 aromatic heterocycles. The SMILES string of the molecule is OC1(C(F)(F)F)CC(c2ccco2)=NO1. The highest BCUT2D eigenvalue weighted by atomic mass is 19.4. The molecule has 0 aliphatic carbocycles. The number of hydrogen-bond acceptors (Lipinski definition) is 4. The number of furan rings is 1. The van der Waals surface area contributed by atoms with Gasteiger partial charge in [0.25, 0.3) is 0 Å². The van der Waals surface area contributed by atoms with E-state index >= 15 is 0 Å².